The highest BCUT2D eigenvalue weighted by atomic mass is 15.3. The monoisotopic (exact) mass is 763 g/mol. The highest BCUT2D eigenvalue weighted by Gasteiger charge is 2.25. The molecular weight excluding hydrogens is 703 g/mol. The number of benzene rings is 6. The topological polar surface area (TPSA) is 20.5 Å². The first-order chi connectivity index (χ1) is 28.5. The highest BCUT2D eigenvalue weighted by Crippen LogP contribution is 2.37. The molecule has 0 amide bonds. The summed E-state index contributed by atoms with van der Waals surface area (Å²) in [5.74, 6) is 0.927. The van der Waals surface area contributed by atoms with E-state index in [1.165, 1.54) is 71.5 Å². The van der Waals surface area contributed by atoms with E-state index in [1.807, 2.05) is 66.8 Å². The fraction of sp³-hybridized carbons (Fsp3) is 0.218. The minimum Gasteiger partial charge on any atom is -0.334 e. The van der Waals surface area contributed by atoms with Crippen molar-refractivity contribution < 1.29 is 0 Å². The van der Waals surface area contributed by atoms with E-state index in [0.717, 1.165) is 24.4 Å². The van der Waals surface area contributed by atoms with Gasteiger partial charge in [0.1, 0.15) is 0 Å². The first kappa shape index (κ1) is 42.9. The maximum absolute atomic E-state index is 4.97. The van der Waals surface area contributed by atoms with E-state index < -0.39 is 0 Å². The number of para-hydroxylation sites is 1. The van der Waals surface area contributed by atoms with Gasteiger partial charge in [0, 0.05) is 29.4 Å². The Morgan fingerprint density at radius 1 is 0.672 bits per heavy atom. The summed E-state index contributed by atoms with van der Waals surface area (Å²) in [5, 5.41) is 4.96. The van der Waals surface area contributed by atoms with Gasteiger partial charge in [0.05, 0.1) is 17.1 Å². The van der Waals surface area contributed by atoms with Gasteiger partial charge in [0.15, 0.2) is 0 Å². The summed E-state index contributed by atoms with van der Waals surface area (Å²) < 4.78 is 2.35. The number of hydrogen-bond acceptors (Lipinski definition) is 2. The van der Waals surface area contributed by atoms with Crippen molar-refractivity contribution in [1.29, 1.82) is 0 Å². The molecule has 7 aromatic rings. The van der Waals surface area contributed by atoms with Crippen LogP contribution in [-0.4, -0.2) is 22.5 Å². The van der Waals surface area contributed by atoms with Gasteiger partial charge in [0.2, 0.25) is 5.96 Å². The summed E-state index contributed by atoms with van der Waals surface area (Å²) in [7, 11) is 2.16. The van der Waals surface area contributed by atoms with Crippen LogP contribution in [0.3, 0.4) is 0 Å². The number of allylic oxidation sites excluding steroid dienone is 5. The number of rotatable bonds is 4. The van der Waals surface area contributed by atoms with Crippen molar-refractivity contribution in [2.24, 2.45) is 4.99 Å². The average Bonchev–Trinajstić information content (AvgIpc) is 3.64. The molecule has 58 heavy (non-hydrogen) atoms. The maximum Gasteiger partial charge on any atom is 0.211 e. The second-order valence-electron chi connectivity index (χ2n) is 13.8. The molecule has 2 aliphatic rings. The van der Waals surface area contributed by atoms with E-state index in [-0.39, 0.29) is 6.04 Å². The Kier molecular flexibility index (Phi) is 15.4. The van der Waals surface area contributed by atoms with Gasteiger partial charge in [-0.2, -0.15) is 0 Å². The van der Waals surface area contributed by atoms with Crippen LogP contribution < -0.4 is 0 Å². The lowest BCUT2D eigenvalue weighted by Crippen LogP contribution is -2.36. The minimum absolute atomic E-state index is 0.0725. The summed E-state index contributed by atoms with van der Waals surface area (Å²) in [6.07, 6.45) is 13.0. The number of nitrogens with zero attached hydrogens (tertiary/aromatic N) is 3. The predicted octanol–water partition coefficient (Wildman–Crippen LogP) is 15.9. The summed E-state index contributed by atoms with van der Waals surface area (Å²) in [6.45, 7) is 20.0. The van der Waals surface area contributed by atoms with Gasteiger partial charge in [0.25, 0.3) is 0 Å². The molecule has 296 valence electrons. The van der Waals surface area contributed by atoms with Crippen molar-refractivity contribution in [2.75, 3.05) is 7.05 Å². The van der Waals surface area contributed by atoms with Crippen LogP contribution in [0.5, 0.6) is 0 Å². The second kappa shape index (κ2) is 20.8. The molecule has 0 saturated heterocycles. The fourth-order valence-electron chi connectivity index (χ4n) is 7.69. The molecule has 9 rings (SSSR count). The SMILES string of the molecule is C=C(C)c1ccccc1C.CC.CC.CC.CN1C(n2c3ccccc3c3ccc4ccccc4c32)=NC=CC1c1ccc(-c2cccc(C3=CC=CCC3)c2)cc1. The Morgan fingerprint density at radius 3 is 2.03 bits per heavy atom. The standard InChI is InChI=1S/C39H31N3.C10H12.3C2H6/c1-41-36(30-20-18-28(19-21-30)32-14-9-13-31(26-32)27-10-3-2-4-11-27)24-25-40-39(41)42-37-17-8-7-16-34(37)35-23-22-29-12-5-6-15-33(29)38(35)42;1-8(2)10-7-5-4-6-9(10)3;3*1-2/h2-3,5-10,12-26,36H,4,11H2,1H3;4-7H,1H2,2-3H3;3*1-2H3. The molecule has 1 aliphatic carbocycles. The van der Waals surface area contributed by atoms with E-state index in [2.05, 4.69) is 176 Å². The first-order valence-electron chi connectivity index (χ1n) is 21.1. The van der Waals surface area contributed by atoms with Crippen molar-refractivity contribution >= 4 is 49.7 Å². The van der Waals surface area contributed by atoms with Crippen molar-refractivity contribution in [1.82, 2.24) is 9.47 Å². The number of hydrogen-bond donors (Lipinski definition) is 0. The summed E-state index contributed by atoms with van der Waals surface area (Å²) in [6, 6.07) is 48.1. The van der Waals surface area contributed by atoms with Crippen molar-refractivity contribution in [3.8, 4) is 11.1 Å². The van der Waals surface area contributed by atoms with Crippen LogP contribution in [0.25, 0.3) is 54.9 Å². The normalized spacial score (nSPS) is 14.1. The summed E-state index contributed by atoms with van der Waals surface area (Å²) >= 11 is 0. The molecular formula is C55H61N3. The molecule has 1 atom stereocenters. The molecule has 6 aromatic carbocycles. The molecule has 0 fully saturated rings. The molecule has 1 aliphatic heterocycles. The highest BCUT2D eigenvalue weighted by molar-refractivity contribution is 6.21. The van der Waals surface area contributed by atoms with Crippen molar-refractivity contribution in [3.63, 3.8) is 0 Å². The van der Waals surface area contributed by atoms with Crippen molar-refractivity contribution in [2.45, 2.75) is 74.3 Å². The van der Waals surface area contributed by atoms with Gasteiger partial charge >= 0.3 is 0 Å². The minimum atomic E-state index is 0.0725. The number of fused-ring (bicyclic) bond motifs is 5. The van der Waals surface area contributed by atoms with Gasteiger partial charge in [-0.3, -0.25) is 4.57 Å². The zero-order valence-electron chi connectivity index (χ0n) is 36.1. The average molecular weight is 764 g/mol. The smallest absolute Gasteiger partial charge is 0.211 e. The molecule has 3 heteroatoms. The zero-order chi connectivity index (χ0) is 41.6. The maximum atomic E-state index is 4.97. The van der Waals surface area contributed by atoms with Gasteiger partial charge in [-0.25, -0.2) is 4.99 Å². The molecule has 0 bridgehead atoms. The number of aryl methyl sites for hydroxylation is 1. The van der Waals surface area contributed by atoms with Gasteiger partial charge < -0.3 is 4.90 Å². The molecule has 0 saturated carbocycles. The summed E-state index contributed by atoms with van der Waals surface area (Å²) in [5.41, 5.74) is 12.5. The lowest BCUT2D eigenvalue weighted by atomic mass is 9.93. The third kappa shape index (κ3) is 9.16. The fourth-order valence-corrected chi connectivity index (χ4v) is 7.69. The third-order valence-electron chi connectivity index (χ3n) is 10.4. The van der Waals surface area contributed by atoms with Crippen LogP contribution in [0.15, 0.2) is 176 Å². The lowest BCUT2D eigenvalue weighted by molar-refractivity contribution is 0.420. The van der Waals surface area contributed by atoms with Crippen LogP contribution in [0.2, 0.25) is 0 Å². The van der Waals surface area contributed by atoms with Gasteiger partial charge in [-0.05, 0) is 89.2 Å². The molecule has 2 heterocycles. The van der Waals surface area contributed by atoms with Crippen LogP contribution in [0, 0.1) is 6.92 Å². The van der Waals surface area contributed by atoms with Crippen LogP contribution in [-0.2, 0) is 0 Å². The Balaban J connectivity index is 0.000000344. The Labute approximate surface area is 348 Å². The molecule has 1 aromatic heterocycles. The van der Waals surface area contributed by atoms with Crippen molar-refractivity contribution in [3.05, 3.63) is 193 Å². The van der Waals surface area contributed by atoms with E-state index in [9.17, 15) is 0 Å². The molecule has 3 nitrogen and oxygen atoms in total. The first-order valence-corrected chi connectivity index (χ1v) is 21.1. The van der Waals surface area contributed by atoms with E-state index in [0.29, 0.717) is 0 Å². The Bertz CT molecular complexity index is 2570. The summed E-state index contributed by atoms with van der Waals surface area (Å²) in [4.78, 5) is 7.27. The third-order valence-corrected chi connectivity index (χ3v) is 10.4. The van der Waals surface area contributed by atoms with Crippen LogP contribution in [0.1, 0.15) is 89.6 Å². The lowest BCUT2D eigenvalue weighted by Gasteiger charge is -2.32. The molecule has 0 radical (unpaired) electrons. The zero-order valence-corrected chi connectivity index (χ0v) is 36.1. The van der Waals surface area contributed by atoms with Crippen LogP contribution >= 0.6 is 0 Å². The molecule has 0 spiro atoms. The van der Waals surface area contributed by atoms with Gasteiger partial charge in [-0.1, -0.05) is 193 Å². The largest absolute Gasteiger partial charge is 0.334 e. The quantitative estimate of drug-likeness (QED) is 0.175. The number of aromatic nitrogens is 1. The number of likely N-dealkylation sites (N-methyl/N-ethyl adjacent to an activating group) is 1. The number of aliphatic imine (C=N–C) groups is 1. The van der Waals surface area contributed by atoms with E-state index in [1.54, 1.807) is 0 Å². The molecule has 0 N–H and O–H groups in total. The Hall–Kier alpha value is -6.19. The Morgan fingerprint density at radius 2 is 1.34 bits per heavy atom. The van der Waals surface area contributed by atoms with Gasteiger partial charge in [-0.15, -0.1) is 0 Å². The molecule has 1 unspecified atom stereocenters. The van der Waals surface area contributed by atoms with E-state index >= 15 is 0 Å². The predicted molar refractivity (Wildman–Crippen MR) is 258 cm³/mol. The van der Waals surface area contributed by atoms with E-state index in [4.69, 9.17) is 4.99 Å². The van der Waals surface area contributed by atoms with Crippen LogP contribution in [0.4, 0.5) is 0 Å². The second-order valence-corrected chi connectivity index (χ2v) is 13.8.